The maximum absolute atomic E-state index is 12.0. The van der Waals surface area contributed by atoms with Gasteiger partial charge in [-0.3, -0.25) is 0 Å². The lowest BCUT2D eigenvalue weighted by molar-refractivity contribution is -0.717. The summed E-state index contributed by atoms with van der Waals surface area (Å²) in [5.41, 5.74) is 6.90. The van der Waals surface area contributed by atoms with Crippen molar-refractivity contribution in [1.82, 2.24) is 4.98 Å². The van der Waals surface area contributed by atoms with Gasteiger partial charge in [0.1, 0.15) is 24.1 Å². The van der Waals surface area contributed by atoms with Gasteiger partial charge < -0.3 is 29.7 Å². The topological polar surface area (TPSA) is 91.0 Å². The molecule has 0 unspecified atom stereocenters. The van der Waals surface area contributed by atoms with Gasteiger partial charge in [0.15, 0.2) is 6.04 Å². The highest BCUT2D eigenvalue weighted by Gasteiger charge is 2.35. The maximum Gasteiger partial charge on any atom is 0.153 e. The van der Waals surface area contributed by atoms with Gasteiger partial charge in [-0.25, -0.2) is 0 Å². The Morgan fingerprint density at radius 3 is 2.68 bits per heavy atom. The number of carbonyl (C=O) groups is 1. The highest BCUT2D eigenvalue weighted by Crippen LogP contribution is 2.35. The monoisotopic (exact) mass is 518 g/mol. The van der Waals surface area contributed by atoms with E-state index in [4.69, 9.17) is 21.1 Å². The van der Waals surface area contributed by atoms with Crippen molar-refractivity contribution in [2.24, 2.45) is 0 Å². The number of carboxylic acids is 1. The second-order valence-electron chi connectivity index (χ2n) is 10.0. The molecule has 0 saturated heterocycles. The number of carbonyl (C=O) groups excluding carboxylic acids is 1. The summed E-state index contributed by atoms with van der Waals surface area (Å²) in [5.74, 6) is 0.700. The fourth-order valence-electron chi connectivity index (χ4n) is 5.27. The molecule has 1 aliphatic rings. The number of aromatic nitrogens is 1. The molecule has 37 heavy (non-hydrogen) atoms. The molecule has 0 aliphatic carbocycles. The van der Waals surface area contributed by atoms with Gasteiger partial charge in [0.05, 0.1) is 18.8 Å². The fraction of sp³-hybridized carbons (Fsp3) is 0.300. The molecule has 1 aromatic heterocycles. The van der Waals surface area contributed by atoms with Crippen LogP contribution < -0.4 is 19.9 Å². The summed E-state index contributed by atoms with van der Waals surface area (Å²) in [6.45, 7) is 6.48. The van der Waals surface area contributed by atoms with Crippen LogP contribution in [-0.2, 0) is 17.8 Å². The highest BCUT2D eigenvalue weighted by atomic mass is 35.5. The van der Waals surface area contributed by atoms with E-state index in [1.165, 1.54) is 0 Å². The van der Waals surface area contributed by atoms with Crippen molar-refractivity contribution >= 4 is 28.5 Å². The van der Waals surface area contributed by atoms with Crippen LogP contribution in [0.2, 0.25) is 5.02 Å². The number of aryl methyl sites for hydroxylation is 1. The first-order chi connectivity index (χ1) is 17.8. The summed E-state index contributed by atoms with van der Waals surface area (Å²) < 4.78 is 12.0. The molecule has 1 aliphatic heterocycles. The first kappa shape index (κ1) is 25.2. The third-order valence-corrected chi connectivity index (χ3v) is 7.68. The van der Waals surface area contributed by atoms with Crippen LogP contribution in [0.25, 0.3) is 10.9 Å². The van der Waals surface area contributed by atoms with Gasteiger partial charge in [-0.1, -0.05) is 43.6 Å². The van der Waals surface area contributed by atoms with Crippen LogP contribution in [0, 0.1) is 6.92 Å². The average Bonchev–Trinajstić information content (AvgIpc) is 3.27. The van der Waals surface area contributed by atoms with Crippen LogP contribution in [0.5, 0.6) is 11.5 Å². The molecule has 0 saturated carbocycles. The number of aliphatic carboxylic acids is 1. The zero-order valence-corrected chi connectivity index (χ0v) is 22.2. The number of rotatable bonds is 7. The third kappa shape index (κ3) is 4.79. The van der Waals surface area contributed by atoms with E-state index in [0.717, 1.165) is 55.2 Å². The van der Waals surface area contributed by atoms with E-state index in [0.29, 0.717) is 18.8 Å². The molecule has 0 fully saturated rings. The highest BCUT2D eigenvalue weighted by molar-refractivity contribution is 6.31. The summed E-state index contributed by atoms with van der Waals surface area (Å²) >= 11 is 6.38. The van der Waals surface area contributed by atoms with Crippen LogP contribution in [0.3, 0.4) is 0 Å². The standard InChI is InChI=1S/C30H31ClN2O4/c1-16(2)21-13-23(31)17(3)11-27(21)37-15-19-12-18(9-10-26(19)36-4)28-29-22(14-25(33-28)30(34)35)20-7-5-6-8-24(20)32-29/h5-13,16,25,28,32-33H,14-15H2,1-4H3,(H,34,35)/t25-,28+/m0/s1. The lowest BCUT2D eigenvalue weighted by Crippen LogP contribution is -2.95. The number of aromatic amines is 1. The summed E-state index contributed by atoms with van der Waals surface area (Å²) in [4.78, 5) is 15.5. The van der Waals surface area contributed by atoms with E-state index < -0.39 is 12.0 Å². The molecule has 2 atom stereocenters. The van der Waals surface area contributed by atoms with Crippen LogP contribution >= 0.6 is 11.6 Å². The molecule has 0 spiro atoms. The molecular weight excluding hydrogens is 488 g/mol. The summed E-state index contributed by atoms with van der Waals surface area (Å²) in [7, 11) is 1.64. The summed E-state index contributed by atoms with van der Waals surface area (Å²) in [6, 6.07) is 17.0. The Hall–Kier alpha value is -3.48. The zero-order valence-electron chi connectivity index (χ0n) is 21.4. The van der Waals surface area contributed by atoms with Gasteiger partial charge >= 0.3 is 0 Å². The minimum atomic E-state index is -1.06. The molecule has 192 valence electrons. The average molecular weight is 519 g/mol. The van der Waals surface area contributed by atoms with E-state index in [1.807, 2.05) is 66.8 Å². The van der Waals surface area contributed by atoms with Crippen LogP contribution in [-0.4, -0.2) is 24.1 Å². The largest absolute Gasteiger partial charge is 0.544 e. The Balaban J connectivity index is 1.52. The normalized spacial score (nSPS) is 17.1. The van der Waals surface area contributed by atoms with Crippen molar-refractivity contribution in [3.8, 4) is 11.5 Å². The zero-order chi connectivity index (χ0) is 26.3. The van der Waals surface area contributed by atoms with Crippen molar-refractivity contribution in [2.45, 2.75) is 51.8 Å². The van der Waals surface area contributed by atoms with Crippen molar-refractivity contribution < 1.29 is 24.7 Å². The number of quaternary nitrogens is 1. The second kappa shape index (κ2) is 10.1. The minimum absolute atomic E-state index is 0.229. The lowest BCUT2D eigenvalue weighted by atomic mass is 9.89. The molecule has 3 N–H and O–H groups in total. The van der Waals surface area contributed by atoms with Crippen LogP contribution in [0.1, 0.15) is 59.3 Å². The van der Waals surface area contributed by atoms with Crippen LogP contribution in [0.15, 0.2) is 54.6 Å². The quantitative estimate of drug-likeness (QED) is 0.384. The van der Waals surface area contributed by atoms with Crippen molar-refractivity contribution in [3.05, 3.63) is 93.1 Å². The van der Waals surface area contributed by atoms with Gasteiger partial charge in [0.25, 0.3) is 0 Å². The van der Waals surface area contributed by atoms with Gasteiger partial charge in [-0.15, -0.1) is 0 Å². The minimum Gasteiger partial charge on any atom is -0.544 e. The van der Waals surface area contributed by atoms with E-state index in [1.54, 1.807) is 7.11 Å². The van der Waals surface area contributed by atoms with E-state index in [-0.39, 0.29) is 12.0 Å². The number of H-pyrrole nitrogens is 1. The number of carboxylic acid groups (broad SMARTS) is 1. The summed E-state index contributed by atoms with van der Waals surface area (Å²) in [5, 5.41) is 15.6. The number of benzene rings is 3. The summed E-state index contributed by atoms with van der Waals surface area (Å²) in [6.07, 6.45) is 0.415. The van der Waals surface area contributed by atoms with E-state index in [2.05, 4.69) is 18.8 Å². The molecule has 0 bridgehead atoms. The van der Waals surface area contributed by atoms with E-state index in [9.17, 15) is 9.90 Å². The predicted octanol–water partition coefficient (Wildman–Crippen LogP) is 4.17. The number of hydrogen-bond acceptors (Lipinski definition) is 4. The molecule has 0 amide bonds. The molecule has 3 aromatic carbocycles. The SMILES string of the molecule is COc1ccc([C@H]2[NH2+][C@H](C(=O)[O-])Cc3c2[nH]c2ccccc32)cc1COc1cc(C)c(Cl)cc1C(C)C. The number of ether oxygens (including phenoxy) is 2. The Labute approximate surface area is 221 Å². The number of hydrogen-bond donors (Lipinski definition) is 2. The number of nitrogens with two attached hydrogens (primary N) is 1. The number of fused-ring (bicyclic) bond motifs is 3. The number of nitrogens with one attached hydrogen (secondary N) is 1. The Morgan fingerprint density at radius 2 is 1.95 bits per heavy atom. The molecule has 4 aromatic rings. The fourth-order valence-corrected chi connectivity index (χ4v) is 5.44. The van der Waals surface area contributed by atoms with Gasteiger partial charge in [0.2, 0.25) is 0 Å². The molecule has 2 heterocycles. The maximum atomic E-state index is 12.0. The molecule has 0 radical (unpaired) electrons. The van der Waals surface area contributed by atoms with Crippen molar-refractivity contribution in [2.75, 3.05) is 7.11 Å². The molecule has 6 nitrogen and oxygen atoms in total. The van der Waals surface area contributed by atoms with Gasteiger partial charge in [-0.2, -0.15) is 0 Å². The Kier molecular flexibility index (Phi) is 6.88. The predicted molar refractivity (Wildman–Crippen MR) is 142 cm³/mol. The first-order valence-corrected chi connectivity index (χ1v) is 12.9. The van der Waals surface area contributed by atoms with Gasteiger partial charge in [-0.05, 0) is 65.9 Å². The molecular formula is C30H31ClN2O4. The van der Waals surface area contributed by atoms with Crippen LogP contribution in [0.4, 0.5) is 0 Å². The Bertz CT molecular complexity index is 1480. The number of methoxy groups -OCH3 is 1. The number of halogens is 1. The van der Waals surface area contributed by atoms with Gasteiger partial charge in [0, 0.05) is 33.5 Å². The second-order valence-corrected chi connectivity index (χ2v) is 10.4. The van der Waals surface area contributed by atoms with Crippen molar-refractivity contribution in [3.63, 3.8) is 0 Å². The van der Waals surface area contributed by atoms with Crippen molar-refractivity contribution in [1.29, 1.82) is 0 Å². The molecule has 5 rings (SSSR count). The Morgan fingerprint density at radius 1 is 1.16 bits per heavy atom. The smallest absolute Gasteiger partial charge is 0.153 e. The number of para-hydroxylation sites is 1. The molecule has 7 heteroatoms. The first-order valence-electron chi connectivity index (χ1n) is 12.5. The van der Waals surface area contributed by atoms with E-state index >= 15 is 0 Å². The lowest BCUT2D eigenvalue weighted by Gasteiger charge is -2.29. The third-order valence-electron chi connectivity index (χ3n) is 7.27.